The largest absolute Gasteiger partial charge is 0.457 e. The van der Waals surface area contributed by atoms with Crippen molar-refractivity contribution >= 4 is 63.2 Å². The zero-order valence-corrected chi connectivity index (χ0v) is 32.8. The summed E-state index contributed by atoms with van der Waals surface area (Å²) in [6.07, 6.45) is 3.19. The van der Waals surface area contributed by atoms with Gasteiger partial charge in [-0.3, -0.25) is 19.8 Å². The lowest BCUT2D eigenvalue weighted by Crippen LogP contribution is -2.56. The van der Waals surface area contributed by atoms with Crippen molar-refractivity contribution in [3.05, 3.63) is 102 Å². The SMILES string of the molecule is CC(C)OC(=O)C(=N)NC(=O)[C@@H](Cc1ccc2ccccc2c1)N(C)C(=O)[C@@H](/C=C/c1ccc2ccccc2c1)NC(=O)C1CCN(C(=O)OC(C)(C)C)CC1. The van der Waals surface area contributed by atoms with Crippen LogP contribution in [-0.2, 0) is 35.1 Å². The summed E-state index contributed by atoms with van der Waals surface area (Å²) in [6, 6.07) is 24.8. The van der Waals surface area contributed by atoms with Crippen LogP contribution in [-0.4, -0.2) is 89.3 Å². The molecule has 0 aliphatic carbocycles. The second kappa shape index (κ2) is 18.1. The van der Waals surface area contributed by atoms with Gasteiger partial charge in [0.25, 0.3) is 0 Å². The maximum atomic E-state index is 14.5. The molecule has 0 saturated carbocycles. The second-order valence-electron chi connectivity index (χ2n) is 15.4. The number of carbonyl (C=O) groups is 5. The summed E-state index contributed by atoms with van der Waals surface area (Å²) in [6.45, 7) is 9.29. The van der Waals surface area contributed by atoms with Crippen molar-refractivity contribution in [3.63, 3.8) is 0 Å². The summed E-state index contributed by atoms with van der Waals surface area (Å²) < 4.78 is 10.6. The lowest BCUT2D eigenvalue weighted by Gasteiger charge is -2.34. The van der Waals surface area contributed by atoms with Gasteiger partial charge in [-0.05, 0) is 86.2 Å². The molecule has 4 aromatic carbocycles. The molecule has 0 spiro atoms. The molecule has 0 unspecified atom stereocenters. The Labute approximate surface area is 327 Å². The third-order valence-corrected chi connectivity index (χ3v) is 9.49. The predicted octanol–water partition coefficient (Wildman–Crippen LogP) is 6.25. The highest BCUT2D eigenvalue weighted by atomic mass is 16.6. The number of rotatable bonds is 10. The Balaban J connectivity index is 1.42. The third kappa shape index (κ3) is 11.0. The lowest BCUT2D eigenvalue weighted by molar-refractivity contribution is -0.142. The van der Waals surface area contributed by atoms with Crippen LogP contribution in [0.15, 0.2) is 91.0 Å². The fourth-order valence-electron chi connectivity index (χ4n) is 6.53. The Kier molecular flexibility index (Phi) is 13.3. The number of esters is 1. The van der Waals surface area contributed by atoms with Crippen LogP contribution in [0.4, 0.5) is 4.79 Å². The van der Waals surface area contributed by atoms with Crippen LogP contribution in [0.25, 0.3) is 27.6 Å². The van der Waals surface area contributed by atoms with Gasteiger partial charge in [0.15, 0.2) is 0 Å². The van der Waals surface area contributed by atoms with Crippen molar-refractivity contribution in [1.82, 2.24) is 20.4 Å². The van der Waals surface area contributed by atoms with Crippen molar-refractivity contribution in [1.29, 1.82) is 5.41 Å². The second-order valence-corrected chi connectivity index (χ2v) is 15.4. The van der Waals surface area contributed by atoms with Gasteiger partial charge in [-0.15, -0.1) is 0 Å². The van der Waals surface area contributed by atoms with Crippen LogP contribution in [0.2, 0.25) is 0 Å². The first-order chi connectivity index (χ1) is 26.6. The molecule has 1 saturated heterocycles. The van der Waals surface area contributed by atoms with Gasteiger partial charge in [-0.2, -0.15) is 0 Å². The van der Waals surface area contributed by atoms with E-state index in [0.717, 1.165) is 32.7 Å². The van der Waals surface area contributed by atoms with Gasteiger partial charge in [0.2, 0.25) is 23.6 Å². The molecule has 4 amide bonds. The number of likely N-dealkylation sites (N-methyl/N-ethyl adjacent to an activating group) is 1. The average Bonchev–Trinajstić information content (AvgIpc) is 3.16. The Bertz CT molecular complexity index is 2130. The molecule has 5 rings (SSSR count). The van der Waals surface area contributed by atoms with E-state index in [1.54, 1.807) is 51.7 Å². The van der Waals surface area contributed by atoms with Crippen LogP contribution >= 0.6 is 0 Å². The summed E-state index contributed by atoms with van der Waals surface area (Å²) in [7, 11) is 1.46. The van der Waals surface area contributed by atoms with Gasteiger partial charge in [-0.1, -0.05) is 91.0 Å². The van der Waals surface area contributed by atoms with Gasteiger partial charge >= 0.3 is 12.1 Å². The number of hydrogen-bond acceptors (Lipinski definition) is 8. The first-order valence-electron chi connectivity index (χ1n) is 18.9. The molecule has 4 aromatic rings. The van der Waals surface area contributed by atoms with Crippen molar-refractivity contribution in [2.45, 2.75) is 77.7 Å². The fourth-order valence-corrected chi connectivity index (χ4v) is 6.53. The molecule has 2 atom stereocenters. The number of amides is 4. The van der Waals surface area contributed by atoms with Crippen LogP contribution < -0.4 is 10.6 Å². The third-order valence-electron chi connectivity index (χ3n) is 9.49. The van der Waals surface area contributed by atoms with E-state index >= 15 is 0 Å². The highest BCUT2D eigenvalue weighted by Crippen LogP contribution is 2.23. The molecule has 3 N–H and O–H groups in total. The number of hydrogen-bond donors (Lipinski definition) is 3. The number of amidine groups is 1. The van der Waals surface area contributed by atoms with Gasteiger partial charge < -0.3 is 29.9 Å². The molecular weight excluding hydrogens is 711 g/mol. The molecule has 1 fully saturated rings. The molecule has 12 heteroatoms. The van der Waals surface area contributed by atoms with Gasteiger partial charge in [-0.25, -0.2) is 9.59 Å². The van der Waals surface area contributed by atoms with Crippen LogP contribution in [0.1, 0.15) is 58.6 Å². The average molecular weight is 762 g/mol. The minimum absolute atomic E-state index is 0.0452. The van der Waals surface area contributed by atoms with E-state index in [1.165, 1.54) is 11.9 Å². The van der Waals surface area contributed by atoms with Crippen molar-refractivity contribution < 1.29 is 33.4 Å². The minimum atomic E-state index is -1.19. The summed E-state index contributed by atoms with van der Waals surface area (Å²) in [5, 5.41) is 17.5. The number of nitrogens with zero attached hydrogens (tertiary/aromatic N) is 2. The molecule has 0 bridgehead atoms. The number of carbonyl (C=O) groups excluding carboxylic acids is 5. The van der Waals surface area contributed by atoms with Crippen molar-refractivity contribution in [3.8, 4) is 0 Å². The smallest absolute Gasteiger partial charge is 0.410 e. The molecule has 1 aliphatic rings. The Morgan fingerprint density at radius 1 is 0.875 bits per heavy atom. The molecule has 56 heavy (non-hydrogen) atoms. The Morgan fingerprint density at radius 2 is 1.46 bits per heavy atom. The number of piperidine rings is 1. The molecule has 0 radical (unpaired) electrons. The van der Waals surface area contributed by atoms with E-state index in [4.69, 9.17) is 14.9 Å². The van der Waals surface area contributed by atoms with Gasteiger partial charge in [0.05, 0.1) is 6.10 Å². The zero-order valence-electron chi connectivity index (χ0n) is 32.8. The number of ether oxygens (including phenoxy) is 2. The topological polar surface area (TPSA) is 158 Å². The Morgan fingerprint density at radius 3 is 2.07 bits per heavy atom. The molecular formula is C44H51N5O7. The number of nitrogens with one attached hydrogen (secondary N) is 3. The minimum Gasteiger partial charge on any atom is -0.457 e. The summed E-state index contributed by atoms with van der Waals surface area (Å²) in [4.78, 5) is 70.3. The molecule has 1 heterocycles. The van der Waals surface area contributed by atoms with Crippen LogP contribution in [0.5, 0.6) is 0 Å². The standard InChI is InChI=1S/C44H51N5O7/c1-28(2)55-42(53)38(45)47-40(51)37(27-30-16-19-32-12-8-10-14-35(32)26-30)48(6)41(52)36(20-17-29-15-18-31-11-7-9-13-34(31)25-29)46-39(50)33-21-23-49(24-22-33)43(54)56-44(3,4)5/h7-20,25-26,28,33,36-37H,21-24,27H2,1-6H3,(H,46,50)(H2,45,47,51)/b20-17+/t36-,37-/m1/s1. The molecule has 0 aromatic heterocycles. The van der Waals surface area contributed by atoms with E-state index in [-0.39, 0.29) is 12.3 Å². The van der Waals surface area contributed by atoms with Gasteiger partial charge in [0.1, 0.15) is 17.7 Å². The molecule has 12 nitrogen and oxygen atoms in total. The van der Waals surface area contributed by atoms with E-state index in [2.05, 4.69) is 10.6 Å². The van der Waals surface area contributed by atoms with Gasteiger partial charge in [0, 0.05) is 32.5 Å². The quantitative estimate of drug-likeness (QED) is 0.0979. The first-order valence-corrected chi connectivity index (χ1v) is 18.9. The zero-order chi connectivity index (χ0) is 40.6. The fraction of sp³-hybridized carbons (Fsp3) is 0.364. The predicted molar refractivity (Wildman–Crippen MR) is 217 cm³/mol. The summed E-state index contributed by atoms with van der Waals surface area (Å²) >= 11 is 0. The number of fused-ring (bicyclic) bond motifs is 2. The monoisotopic (exact) mass is 761 g/mol. The van der Waals surface area contributed by atoms with E-state index in [1.807, 2.05) is 84.9 Å². The highest BCUT2D eigenvalue weighted by Gasteiger charge is 2.35. The van der Waals surface area contributed by atoms with Crippen molar-refractivity contribution in [2.24, 2.45) is 5.92 Å². The maximum absolute atomic E-state index is 14.5. The first kappa shape index (κ1) is 41.1. The highest BCUT2D eigenvalue weighted by molar-refractivity contribution is 6.37. The summed E-state index contributed by atoms with van der Waals surface area (Å²) in [5.41, 5.74) is 0.888. The van der Waals surface area contributed by atoms with Crippen molar-refractivity contribution in [2.75, 3.05) is 20.1 Å². The van der Waals surface area contributed by atoms with Crippen LogP contribution in [0, 0.1) is 11.3 Å². The van der Waals surface area contributed by atoms with E-state index in [0.29, 0.717) is 25.9 Å². The molecule has 294 valence electrons. The summed E-state index contributed by atoms with van der Waals surface area (Å²) in [5.74, 6) is -3.96. The normalized spacial score (nSPS) is 14.7. The Hall–Kier alpha value is -6.04. The molecule has 1 aliphatic heterocycles. The number of benzene rings is 4. The maximum Gasteiger partial charge on any atom is 0.410 e. The lowest BCUT2D eigenvalue weighted by atomic mass is 9.95. The van der Waals surface area contributed by atoms with Crippen LogP contribution in [0.3, 0.4) is 0 Å². The van der Waals surface area contributed by atoms with E-state index in [9.17, 15) is 24.0 Å². The van der Waals surface area contributed by atoms with E-state index < -0.39 is 59.4 Å². The number of likely N-dealkylation sites (tertiary alicyclic amines) is 1.